The number of thioether (sulfide) groups is 1. The fraction of sp³-hybridized carbons (Fsp3) is 0.444. The maximum Gasteiger partial charge on any atom is 0.254 e. The Bertz CT molecular complexity index is 346. The number of aromatic nitrogens is 1. The van der Waals surface area contributed by atoms with Gasteiger partial charge >= 0.3 is 0 Å². The first-order valence-electron chi connectivity index (χ1n) is 4.04. The van der Waals surface area contributed by atoms with Crippen LogP contribution in [0.15, 0.2) is 16.9 Å². The van der Waals surface area contributed by atoms with Crippen molar-refractivity contribution in [2.75, 3.05) is 12.0 Å². The first kappa shape index (κ1) is 10.2. The van der Waals surface area contributed by atoms with E-state index in [1.165, 1.54) is 6.07 Å². The Balaban J connectivity index is 2.99. The summed E-state index contributed by atoms with van der Waals surface area (Å²) in [5.41, 5.74) is 0.672. The van der Waals surface area contributed by atoms with E-state index in [0.29, 0.717) is 6.54 Å². The molecule has 0 unspecified atom stereocenters. The third-order valence-corrected chi connectivity index (χ3v) is 2.43. The van der Waals surface area contributed by atoms with E-state index in [1.807, 2.05) is 13.2 Å². The predicted molar refractivity (Wildman–Crippen MR) is 55.5 cm³/mol. The van der Waals surface area contributed by atoms with Gasteiger partial charge < -0.3 is 9.67 Å². The molecule has 1 N–H and O–H groups in total. The second kappa shape index (κ2) is 4.37. The quantitative estimate of drug-likeness (QED) is 0.796. The number of pyridine rings is 1. The molecule has 1 rings (SSSR count). The minimum atomic E-state index is -0.133. The molecule has 0 aliphatic rings. The van der Waals surface area contributed by atoms with Gasteiger partial charge in [-0.3, -0.25) is 4.79 Å². The zero-order valence-electron chi connectivity index (χ0n) is 7.78. The van der Waals surface area contributed by atoms with Crippen LogP contribution in [0, 0.1) is 6.92 Å². The van der Waals surface area contributed by atoms with E-state index in [1.54, 1.807) is 22.4 Å². The monoisotopic (exact) mass is 199 g/mol. The van der Waals surface area contributed by atoms with Crippen LogP contribution in [0.4, 0.5) is 0 Å². The van der Waals surface area contributed by atoms with Crippen molar-refractivity contribution in [3.8, 4) is 5.75 Å². The standard InChI is InChI=1S/C9H13NO2S/c1-7-5-8(11)6-9(12)10(7)3-4-13-2/h5-6,11H,3-4H2,1-2H3. The number of nitrogens with zero attached hydrogens (tertiary/aromatic N) is 1. The van der Waals surface area contributed by atoms with Crippen LogP contribution < -0.4 is 5.56 Å². The highest BCUT2D eigenvalue weighted by atomic mass is 32.2. The van der Waals surface area contributed by atoms with Gasteiger partial charge in [0.1, 0.15) is 5.75 Å². The molecule has 0 aliphatic carbocycles. The summed E-state index contributed by atoms with van der Waals surface area (Å²) in [7, 11) is 0. The molecule has 72 valence electrons. The number of hydrogen-bond acceptors (Lipinski definition) is 3. The predicted octanol–water partition coefficient (Wildman–Crippen LogP) is 1.23. The van der Waals surface area contributed by atoms with Crippen LogP contribution in [0.3, 0.4) is 0 Å². The zero-order chi connectivity index (χ0) is 9.84. The fourth-order valence-corrected chi connectivity index (χ4v) is 1.55. The summed E-state index contributed by atoms with van der Waals surface area (Å²) >= 11 is 1.70. The maximum atomic E-state index is 11.4. The van der Waals surface area contributed by atoms with Crippen LogP contribution in [-0.4, -0.2) is 21.7 Å². The van der Waals surface area contributed by atoms with E-state index >= 15 is 0 Å². The average Bonchev–Trinajstić information content (AvgIpc) is 2.02. The van der Waals surface area contributed by atoms with Gasteiger partial charge in [-0.05, 0) is 19.2 Å². The van der Waals surface area contributed by atoms with E-state index in [2.05, 4.69) is 0 Å². The first-order chi connectivity index (χ1) is 6.15. The number of aryl methyl sites for hydroxylation is 1. The Morgan fingerprint density at radius 2 is 2.23 bits per heavy atom. The van der Waals surface area contributed by atoms with Gasteiger partial charge in [-0.1, -0.05) is 0 Å². The largest absolute Gasteiger partial charge is 0.508 e. The Morgan fingerprint density at radius 1 is 1.54 bits per heavy atom. The smallest absolute Gasteiger partial charge is 0.254 e. The van der Waals surface area contributed by atoms with Gasteiger partial charge in [0.05, 0.1) is 0 Å². The molecule has 0 atom stereocenters. The Labute approximate surface area is 81.4 Å². The lowest BCUT2D eigenvalue weighted by molar-refractivity contribution is 0.470. The van der Waals surface area contributed by atoms with E-state index in [-0.39, 0.29) is 11.3 Å². The van der Waals surface area contributed by atoms with Crippen molar-refractivity contribution in [3.05, 3.63) is 28.2 Å². The molecule has 1 aromatic rings. The molecule has 0 amide bonds. The highest BCUT2D eigenvalue weighted by Gasteiger charge is 2.01. The summed E-state index contributed by atoms with van der Waals surface area (Å²) < 4.78 is 1.66. The molecular formula is C9H13NO2S. The lowest BCUT2D eigenvalue weighted by atomic mass is 10.3. The average molecular weight is 199 g/mol. The van der Waals surface area contributed by atoms with Crippen molar-refractivity contribution >= 4 is 11.8 Å². The third kappa shape index (κ3) is 2.52. The molecule has 3 nitrogen and oxygen atoms in total. The molecule has 1 heterocycles. The molecule has 4 heteroatoms. The summed E-state index contributed by atoms with van der Waals surface area (Å²) in [6, 6.07) is 2.84. The molecule has 13 heavy (non-hydrogen) atoms. The SMILES string of the molecule is CSCCn1c(C)cc(O)cc1=O. The van der Waals surface area contributed by atoms with Crippen LogP contribution >= 0.6 is 11.8 Å². The Kier molecular flexibility index (Phi) is 3.42. The van der Waals surface area contributed by atoms with E-state index in [4.69, 9.17) is 5.11 Å². The lowest BCUT2D eigenvalue weighted by Gasteiger charge is -2.08. The highest BCUT2D eigenvalue weighted by Crippen LogP contribution is 2.07. The van der Waals surface area contributed by atoms with Gasteiger partial charge in [0.25, 0.3) is 5.56 Å². The molecule has 0 radical (unpaired) electrons. The van der Waals surface area contributed by atoms with Gasteiger partial charge in [0, 0.05) is 24.1 Å². The first-order valence-corrected chi connectivity index (χ1v) is 5.44. The number of aromatic hydroxyl groups is 1. The van der Waals surface area contributed by atoms with Gasteiger partial charge in [0.15, 0.2) is 0 Å². The van der Waals surface area contributed by atoms with E-state index in [9.17, 15) is 4.79 Å². The van der Waals surface area contributed by atoms with Crippen LogP contribution in [0.5, 0.6) is 5.75 Å². The molecule has 0 saturated carbocycles. The summed E-state index contributed by atoms with van der Waals surface area (Å²) in [5.74, 6) is 0.953. The minimum Gasteiger partial charge on any atom is -0.508 e. The molecule has 0 aromatic carbocycles. The van der Waals surface area contributed by atoms with Gasteiger partial charge in [-0.2, -0.15) is 11.8 Å². The Hall–Kier alpha value is -0.900. The van der Waals surface area contributed by atoms with Crippen LogP contribution in [0.2, 0.25) is 0 Å². The molecule has 0 spiro atoms. The molecule has 0 saturated heterocycles. The number of rotatable bonds is 3. The minimum absolute atomic E-state index is 0.0444. The van der Waals surface area contributed by atoms with Gasteiger partial charge in [-0.25, -0.2) is 0 Å². The van der Waals surface area contributed by atoms with E-state index < -0.39 is 0 Å². The number of hydrogen-bond donors (Lipinski definition) is 1. The van der Waals surface area contributed by atoms with Crippen molar-refractivity contribution in [2.45, 2.75) is 13.5 Å². The van der Waals surface area contributed by atoms with Crippen LogP contribution in [0.25, 0.3) is 0 Å². The lowest BCUT2D eigenvalue weighted by Crippen LogP contribution is -2.21. The zero-order valence-corrected chi connectivity index (χ0v) is 8.60. The molecular weight excluding hydrogens is 186 g/mol. The second-order valence-electron chi connectivity index (χ2n) is 2.84. The van der Waals surface area contributed by atoms with Gasteiger partial charge in [0.2, 0.25) is 0 Å². The van der Waals surface area contributed by atoms with Crippen molar-refractivity contribution in [3.63, 3.8) is 0 Å². The van der Waals surface area contributed by atoms with E-state index in [0.717, 1.165) is 11.4 Å². The molecule has 1 aromatic heterocycles. The van der Waals surface area contributed by atoms with Crippen molar-refractivity contribution < 1.29 is 5.11 Å². The summed E-state index contributed by atoms with van der Waals surface area (Å²) in [6.07, 6.45) is 2.00. The summed E-state index contributed by atoms with van der Waals surface area (Å²) in [4.78, 5) is 11.4. The molecule has 0 bridgehead atoms. The fourth-order valence-electron chi connectivity index (χ4n) is 1.18. The topological polar surface area (TPSA) is 42.2 Å². The highest BCUT2D eigenvalue weighted by molar-refractivity contribution is 7.98. The maximum absolute atomic E-state index is 11.4. The van der Waals surface area contributed by atoms with Crippen molar-refractivity contribution in [1.82, 2.24) is 4.57 Å². The third-order valence-electron chi connectivity index (χ3n) is 1.84. The second-order valence-corrected chi connectivity index (χ2v) is 3.82. The normalized spacial score (nSPS) is 10.3. The van der Waals surface area contributed by atoms with Crippen LogP contribution in [-0.2, 0) is 6.54 Å². The summed E-state index contributed by atoms with van der Waals surface area (Å²) in [6.45, 7) is 2.52. The van der Waals surface area contributed by atoms with Gasteiger partial charge in [-0.15, -0.1) is 0 Å². The van der Waals surface area contributed by atoms with Crippen molar-refractivity contribution in [1.29, 1.82) is 0 Å². The molecule has 0 aliphatic heterocycles. The molecule has 0 fully saturated rings. The van der Waals surface area contributed by atoms with Crippen LogP contribution in [0.1, 0.15) is 5.69 Å². The Morgan fingerprint density at radius 3 is 2.77 bits per heavy atom. The van der Waals surface area contributed by atoms with Crippen molar-refractivity contribution in [2.24, 2.45) is 0 Å². The summed E-state index contributed by atoms with van der Waals surface area (Å²) in [5, 5.41) is 9.13.